The summed E-state index contributed by atoms with van der Waals surface area (Å²) in [6.45, 7) is 2.62. The minimum absolute atomic E-state index is 0.0973. The van der Waals surface area contributed by atoms with Gasteiger partial charge in [0, 0.05) is 10.6 Å². The van der Waals surface area contributed by atoms with Gasteiger partial charge in [0.1, 0.15) is 11.6 Å². The van der Waals surface area contributed by atoms with Crippen LogP contribution in [-0.2, 0) is 0 Å². The number of halogens is 3. The van der Waals surface area contributed by atoms with Gasteiger partial charge in [0.2, 0.25) is 0 Å². The molecular formula is C16H16Cl2FNO. The van der Waals surface area contributed by atoms with Gasteiger partial charge >= 0.3 is 0 Å². The predicted molar refractivity (Wildman–Crippen MR) is 84.9 cm³/mol. The van der Waals surface area contributed by atoms with E-state index in [-0.39, 0.29) is 11.1 Å². The van der Waals surface area contributed by atoms with Crippen LogP contribution in [0.15, 0.2) is 36.4 Å². The van der Waals surface area contributed by atoms with E-state index in [0.717, 1.165) is 5.56 Å². The molecule has 1 N–H and O–H groups in total. The van der Waals surface area contributed by atoms with E-state index in [2.05, 4.69) is 5.32 Å². The molecule has 0 amide bonds. The lowest BCUT2D eigenvalue weighted by Gasteiger charge is -2.21. The maximum atomic E-state index is 14.3. The number of hydrogen-bond donors (Lipinski definition) is 1. The maximum absolute atomic E-state index is 14.3. The highest BCUT2D eigenvalue weighted by molar-refractivity contribution is 6.31. The Morgan fingerprint density at radius 1 is 1.14 bits per heavy atom. The van der Waals surface area contributed by atoms with Crippen molar-refractivity contribution in [1.82, 2.24) is 5.32 Å². The Bertz CT molecular complexity index is 634. The van der Waals surface area contributed by atoms with Crippen LogP contribution in [0.5, 0.6) is 5.75 Å². The summed E-state index contributed by atoms with van der Waals surface area (Å²) in [5.41, 5.74) is 1.25. The predicted octanol–water partition coefficient (Wildman–Crippen LogP) is 4.84. The van der Waals surface area contributed by atoms with Gasteiger partial charge in [-0.2, -0.15) is 0 Å². The van der Waals surface area contributed by atoms with Crippen LogP contribution in [-0.4, -0.2) is 13.7 Å². The van der Waals surface area contributed by atoms with Crippen LogP contribution in [0.1, 0.15) is 24.1 Å². The van der Waals surface area contributed by atoms with E-state index in [1.54, 1.807) is 31.4 Å². The summed E-state index contributed by atoms with van der Waals surface area (Å²) in [4.78, 5) is 0. The summed E-state index contributed by atoms with van der Waals surface area (Å²) < 4.78 is 19.4. The fourth-order valence-corrected chi connectivity index (χ4v) is 2.67. The summed E-state index contributed by atoms with van der Waals surface area (Å²) in [7, 11) is 1.57. The molecule has 2 nitrogen and oxygen atoms in total. The second-order valence-corrected chi connectivity index (χ2v) is 5.34. The Morgan fingerprint density at radius 2 is 1.90 bits per heavy atom. The number of benzene rings is 2. The first-order chi connectivity index (χ1) is 10.1. The average molecular weight is 328 g/mol. The number of methoxy groups -OCH3 is 1. The normalized spacial score (nSPS) is 12.2. The number of rotatable bonds is 5. The molecule has 1 unspecified atom stereocenters. The zero-order valence-corrected chi connectivity index (χ0v) is 13.3. The highest BCUT2D eigenvalue weighted by Gasteiger charge is 2.21. The molecule has 0 fully saturated rings. The van der Waals surface area contributed by atoms with E-state index in [9.17, 15) is 4.39 Å². The molecule has 1 atom stereocenters. The van der Waals surface area contributed by atoms with Gasteiger partial charge < -0.3 is 10.1 Å². The molecule has 0 aliphatic heterocycles. The van der Waals surface area contributed by atoms with Crippen molar-refractivity contribution < 1.29 is 9.13 Å². The van der Waals surface area contributed by atoms with Crippen molar-refractivity contribution in [3.8, 4) is 5.75 Å². The zero-order chi connectivity index (χ0) is 15.4. The van der Waals surface area contributed by atoms with Gasteiger partial charge in [-0.3, -0.25) is 0 Å². The van der Waals surface area contributed by atoms with Crippen LogP contribution < -0.4 is 10.1 Å². The topological polar surface area (TPSA) is 21.3 Å². The lowest BCUT2D eigenvalue weighted by atomic mass is 9.98. The lowest BCUT2D eigenvalue weighted by molar-refractivity contribution is 0.414. The molecule has 0 bridgehead atoms. The van der Waals surface area contributed by atoms with Gasteiger partial charge in [0.05, 0.1) is 18.2 Å². The summed E-state index contributed by atoms with van der Waals surface area (Å²) in [6.07, 6.45) is 0. The molecule has 2 aromatic rings. The molecule has 21 heavy (non-hydrogen) atoms. The monoisotopic (exact) mass is 327 g/mol. The first kappa shape index (κ1) is 16.1. The largest absolute Gasteiger partial charge is 0.497 e. The van der Waals surface area contributed by atoms with Crippen LogP contribution >= 0.6 is 23.2 Å². The van der Waals surface area contributed by atoms with Gasteiger partial charge in [-0.25, -0.2) is 4.39 Å². The molecule has 0 heterocycles. The highest BCUT2D eigenvalue weighted by Crippen LogP contribution is 2.33. The smallest absolute Gasteiger partial charge is 0.146 e. The first-order valence-corrected chi connectivity index (χ1v) is 7.34. The molecule has 0 saturated heterocycles. The van der Waals surface area contributed by atoms with Gasteiger partial charge in [0.25, 0.3) is 0 Å². The van der Waals surface area contributed by atoms with Crippen molar-refractivity contribution in [2.45, 2.75) is 13.0 Å². The molecular weight excluding hydrogens is 312 g/mol. The van der Waals surface area contributed by atoms with Gasteiger partial charge in [-0.05, 0) is 30.3 Å². The van der Waals surface area contributed by atoms with E-state index in [1.165, 1.54) is 6.07 Å². The van der Waals surface area contributed by atoms with E-state index >= 15 is 0 Å². The van der Waals surface area contributed by atoms with Gasteiger partial charge in [-0.1, -0.05) is 48.3 Å². The van der Waals surface area contributed by atoms with Crippen molar-refractivity contribution >= 4 is 23.2 Å². The van der Waals surface area contributed by atoms with Crippen LogP contribution in [0.25, 0.3) is 0 Å². The third-order valence-corrected chi connectivity index (χ3v) is 3.84. The molecule has 0 aliphatic rings. The van der Waals surface area contributed by atoms with Crippen LogP contribution in [0, 0.1) is 5.82 Å². The van der Waals surface area contributed by atoms with Gasteiger partial charge in [-0.15, -0.1) is 0 Å². The fraction of sp³-hybridized carbons (Fsp3) is 0.250. The van der Waals surface area contributed by atoms with Gasteiger partial charge in [0.15, 0.2) is 0 Å². The zero-order valence-electron chi connectivity index (χ0n) is 11.8. The summed E-state index contributed by atoms with van der Waals surface area (Å²) in [5.74, 6) is 0.225. The first-order valence-electron chi connectivity index (χ1n) is 6.59. The molecule has 0 aromatic heterocycles. The van der Waals surface area contributed by atoms with Crippen LogP contribution in [0.4, 0.5) is 4.39 Å². The molecule has 5 heteroatoms. The Kier molecular flexibility index (Phi) is 5.45. The number of hydrogen-bond acceptors (Lipinski definition) is 2. The quantitative estimate of drug-likeness (QED) is 0.848. The van der Waals surface area contributed by atoms with E-state index in [0.29, 0.717) is 22.9 Å². The lowest BCUT2D eigenvalue weighted by Crippen LogP contribution is -2.23. The SMILES string of the molecule is CCNC(c1ccc(OC)cc1Cl)c1cccc(Cl)c1F. The highest BCUT2D eigenvalue weighted by atomic mass is 35.5. The van der Waals surface area contributed by atoms with E-state index < -0.39 is 5.82 Å². The minimum atomic E-state index is -0.433. The summed E-state index contributed by atoms with van der Waals surface area (Å²) >= 11 is 12.2. The molecule has 0 radical (unpaired) electrons. The van der Waals surface area contributed by atoms with Crippen LogP contribution in [0.3, 0.4) is 0 Å². The second kappa shape index (κ2) is 7.12. The molecule has 112 valence electrons. The standard InChI is InChI=1S/C16H16Cl2FNO/c1-3-20-16(12-5-4-6-13(17)15(12)19)11-8-7-10(21-2)9-14(11)18/h4-9,16,20H,3H2,1-2H3. The average Bonchev–Trinajstić information content (AvgIpc) is 2.48. The van der Waals surface area contributed by atoms with Crippen LogP contribution in [0.2, 0.25) is 10.0 Å². The van der Waals surface area contributed by atoms with E-state index in [1.807, 2.05) is 13.0 Å². The summed E-state index contributed by atoms with van der Waals surface area (Å²) in [6, 6.07) is 9.93. The third kappa shape index (κ3) is 3.49. The molecule has 2 aromatic carbocycles. The van der Waals surface area contributed by atoms with Crippen molar-refractivity contribution in [3.63, 3.8) is 0 Å². The Labute approximate surface area is 133 Å². The van der Waals surface area contributed by atoms with Crippen molar-refractivity contribution in [1.29, 1.82) is 0 Å². The summed E-state index contributed by atoms with van der Waals surface area (Å²) in [5, 5.41) is 3.85. The third-order valence-electron chi connectivity index (χ3n) is 3.22. The minimum Gasteiger partial charge on any atom is -0.497 e. The second-order valence-electron chi connectivity index (χ2n) is 4.52. The molecule has 2 rings (SSSR count). The fourth-order valence-electron chi connectivity index (χ4n) is 2.20. The Hall–Kier alpha value is -1.29. The van der Waals surface area contributed by atoms with Crippen molar-refractivity contribution in [2.75, 3.05) is 13.7 Å². The van der Waals surface area contributed by atoms with E-state index in [4.69, 9.17) is 27.9 Å². The number of ether oxygens (including phenoxy) is 1. The molecule has 0 aliphatic carbocycles. The molecule has 0 saturated carbocycles. The maximum Gasteiger partial charge on any atom is 0.146 e. The van der Waals surface area contributed by atoms with Crippen molar-refractivity contribution in [2.24, 2.45) is 0 Å². The Morgan fingerprint density at radius 3 is 2.52 bits per heavy atom. The Balaban J connectivity index is 2.51. The molecule has 0 spiro atoms. The number of nitrogens with one attached hydrogen (secondary N) is 1. The van der Waals surface area contributed by atoms with Crippen molar-refractivity contribution in [3.05, 3.63) is 63.4 Å².